The second-order valence-electron chi connectivity index (χ2n) is 6.90. The Kier molecular flexibility index (Phi) is 6.90. The van der Waals surface area contributed by atoms with E-state index in [2.05, 4.69) is 5.32 Å². The van der Waals surface area contributed by atoms with Crippen LogP contribution in [0, 0.1) is 25.2 Å². The van der Waals surface area contributed by atoms with Gasteiger partial charge in [0.1, 0.15) is 24.0 Å². The van der Waals surface area contributed by atoms with Gasteiger partial charge in [0.25, 0.3) is 5.91 Å². The highest BCUT2D eigenvalue weighted by Crippen LogP contribution is 2.27. The summed E-state index contributed by atoms with van der Waals surface area (Å²) >= 11 is 6.14. The fourth-order valence-corrected chi connectivity index (χ4v) is 3.00. The molecule has 3 aromatic rings. The van der Waals surface area contributed by atoms with E-state index in [9.17, 15) is 10.1 Å². The fourth-order valence-electron chi connectivity index (χ4n) is 2.82. The standard InChI is InChI=1S/C25H21ClN2O2/c1-17-7-9-19(10-8-17)16-30-24-12-11-22(26)14-20(24)13-21(15-27)25(29)28-23-6-4-3-5-18(23)2/h3-14H,16H2,1-2H3,(H,28,29)/b21-13+. The van der Waals surface area contributed by atoms with Crippen molar-refractivity contribution in [3.63, 3.8) is 0 Å². The van der Waals surface area contributed by atoms with Crippen molar-refractivity contribution in [2.75, 3.05) is 5.32 Å². The molecule has 0 bridgehead atoms. The summed E-state index contributed by atoms with van der Waals surface area (Å²) in [4.78, 5) is 12.6. The lowest BCUT2D eigenvalue weighted by molar-refractivity contribution is -0.112. The first-order valence-electron chi connectivity index (χ1n) is 9.43. The fraction of sp³-hybridized carbons (Fsp3) is 0.120. The van der Waals surface area contributed by atoms with E-state index < -0.39 is 5.91 Å². The second-order valence-corrected chi connectivity index (χ2v) is 7.33. The number of nitrogens with one attached hydrogen (secondary N) is 1. The molecule has 0 atom stereocenters. The number of rotatable bonds is 6. The van der Waals surface area contributed by atoms with Gasteiger partial charge in [0, 0.05) is 16.3 Å². The van der Waals surface area contributed by atoms with Gasteiger partial charge in [-0.2, -0.15) is 5.26 Å². The third kappa shape index (κ3) is 5.50. The molecular formula is C25H21ClN2O2. The zero-order valence-corrected chi connectivity index (χ0v) is 17.5. The molecular weight excluding hydrogens is 396 g/mol. The maximum Gasteiger partial charge on any atom is 0.266 e. The summed E-state index contributed by atoms with van der Waals surface area (Å²) < 4.78 is 5.94. The Bertz CT molecular complexity index is 1130. The van der Waals surface area contributed by atoms with Crippen LogP contribution >= 0.6 is 11.6 Å². The average molecular weight is 417 g/mol. The van der Waals surface area contributed by atoms with E-state index >= 15 is 0 Å². The number of carbonyl (C=O) groups is 1. The van der Waals surface area contributed by atoms with Crippen LogP contribution in [0.2, 0.25) is 5.02 Å². The molecule has 3 aromatic carbocycles. The second kappa shape index (κ2) is 9.78. The molecule has 1 amide bonds. The molecule has 0 saturated carbocycles. The van der Waals surface area contributed by atoms with Crippen molar-refractivity contribution in [1.82, 2.24) is 0 Å². The topological polar surface area (TPSA) is 62.1 Å². The van der Waals surface area contributed by atoms with Crippen molar-refractivity contribution in [1.29, 1.82) is 5.26 Å². The number of aryl methyl sites for hydroxylation is 2. The summed E-state index contributed by atoms with van der Waals surface area (Å²) in [5, 5.41) is 12.8. The summed E-state index contributed by atoms with van der Waals surface area (Å²) in [6.07, 6.45) is 1.49. The smallest absolute Gasteiger partial charge is 0.266 e. The molecule has 0 aliphatic rings. The highest BCUT2D eigenvalue weighted by molar-refractivity contribution is 6.30. The Morgan fingerprint density at radius 1 is 1.10 bits per heavy atom. The summed E-state index contributed by atoms with van der Waals surface area (Å²) in [5.41, 5.74) is 4.28. The largest absolute Gasteiger partial charge is 0.488 e. The number of nitrogens with zero attached hydrogens (tertiary/aromatic N) is 1. The molecule has 0 aromatic heterocycles. The van der Waals surface area contributed by atoms with Gasteiger partial charge in [0.05, 0.1) is 0 Å². The van der Waals surface area contributed by atoms with Crippen LogP contribution in [0.1, 0.15) is 22.3 Å². The highest BCUT2D eigenvalue weighted by atomic mass is 35.5. The van der Waals surface area contributed by atoms with Crippen LogP contribution in [0.3, 0.4) is 0 Å². The van der Waals surface area contributed by atoms with Gasteiger partial charge in [-0.1, -0.05) is 59.6 Å². The van der Waals surface area contributed by atoms with E-state index in [-0.39, 0.29) is 5.57 Å². The molecule has 0 aliphatic heterocycles. The molecule has 3 rings (SSSR count). The van der Waals surface area contributed by atoms with Crippen LogP contribution in [0.25, 0.3) is 6.08 Å². The van der Waals surface area contributed by atoms with Gasteiger partial charge in [-0.25, -0.2) is 0 Å². The molecule has 150 valence electrons. The molecule has 0 spiro atoms. The lowest BCUT2D eigenvalue weighted by Gasteiger charge is -2.11. The lowest BCUT2D eigenvalue weighted by Crippen LogP contribution is -2.14. The van der Waals surface area contributed by atoms with Crippen molar-refractivity contribution in [2.45, 2.75) is 20.5 Å². The van der Waals surface area contributed by atoms with Crippen LogP contribution in [0.15, 0.2) is 72.3 Å². The quantitative estimate of drug-likeness (QED) is 0.391. The Labute approximate surface area is 181 Å². The summed E-state index contributed by atoms with van der Waals surface area (Å²) in [6.45, 7) is 4.28. The zero-order valence-electron chi connectivity index (χ0n) is 16.8. The number of halogens is 1. The van der Waals surface area contributed by atoms with E-state index in [1.54, 1.807) is 24.3 Å². The summed E-state index contributed by atoms with van der Waals surface area (Å²) in [6, 6.07) is 22.5. The minimum absolute atomic E-state index is 0.0410. The first-order chi connectivity index (χ1) is 14.5. The van der Waals surface area contributed by atoms with E-state index in [0.29, 0.717) is 28.6 Å². The molecule has 30 heavy (non-hydrogen) atoms. The number of amides is 1. The van der Waals surface area contributed by atoms with Gasteiger partial charge in [-0.3, -0.25) is 4.79 Å². The number of ether oxygens (including phenoxy) is 1. The maximum atomic E-state index is 12.6. The van der Waals surface area contributed by atoms with Gasteiger partial charge < -0.3 is 10.1 Å². The number of anilines is 1. The van der Waals surface area contributed by atoms with Gasteiger partial charge in [-0.15, -0.1) is 0 Å². The Morgan fingerprint density at radius 3 is 2.53 bits per heavy atom. The van der Waals surface area contributed by atoms with E-state index in [1.165, 1.54) is 11.6 Å². The number of nitriles is 1. The number of para-hydroxylation sites is 1. The number of carbonyl (C=O) groups excluding carboxylic acids is 1. The molecule has 1 N–H and O–H groups in total. The van der Waals surface area contributed by atoms with Crippen LogP contribution in [-0.2, 0) is 11.4 Å². The van der Waals surface area contributed by atoms with Crippen molar-refractivity contribution in [3.05, 3.63) is 99.6 Å². The zero-order chi connectivity index (χ0) is 21.5. The SMILES string of the molecule is Cc1ccc(COc2ccc(Cl)cc2/C=C(\C#N)C(=O)Nc2ccccc2C)cc1. The van der Waals surface area contributed by atoms with Gasteiger partial charge >= 0.3 is 0 Å². The minimum Gasteiger partial charge on any atom is -0.488 e. The van der Waals surface area contributed by atoms with Crippen LogP contribution < -0.4 is 10.1 Å². The van der Waals surface area contributed by atoms with Crippen molar-refractivity contribution in [2.24, 2.45) is 0 Å². The third-order valence-corrected chi connectivity index (χ3v) is 4.78. The lowest BCUT2D eigenvalue weighted by atomic mass is 10.1. The first kappa shape index (κ1) is 21.2. The predicted octanol–water partition coefficient (Wildman–Crippen LogP) is 6.08. The number of benzene rings is 3. The van der Waals surface area contributed by atoms with Crippen LogP contribution in [0.5, 0.6) is 5.75 Å². The van der Waals surface area contributed by atoms with Crippen molar-refractivity contribution in [3.8, 4) is 11.8 Å². The normalized spacial score (nSPS) is 10.9. The van der Waals surface area contributed by atoms with Gasteiger partial charge in [-0.05, 0) is 55.3 Å². The molecule has 5 heteroatoms. The molecule has 0 aliphatic carbocycles. The molecule has 0 unspecified atom stereocenters. The average Bonchev–Trinajstić information content (AvgIpc) is 2.74. The minimum atomic E-state index is -0.490. The number of hydrogen-bond acceptors (Lipinski definition) is 3. The molecule has 0 heterocycles. The monoisotopic (exact) mass is 416 g/mol. The third-order valence-electron chi connectivity index (χ3n) is 4.54. The maximum absolute atomic E-state index is 12.6. The Hall–Kier alpha value is -3.55. The first-order valence-corrected chi connectivity index (χ1v) is 9.81. The van der Waals surface area contributed by atoms with E-state index in [0.717, 1.165) is 11.1 Å². The Balaban J connectivity index is 1.83. The Morgan fingerprint density at radius 2 is 1.83 bits per heavy atom. The molecule has 0 fully saturated rings. The van der Waals surface area contributed by atoms with Gasteiger partial charge in [0.15, 0.2) is 0 Å². The molecule has 4 nitrogen and oxygen atoms in total. The van der Waals surface area contributed by atoms with Crippen LogP contribution in [-0.4, -0.2) is 5.91 Å². The van der Waals surface area contributed by atoms with E-state index in [1.807, 2.05) is 62.4 Å². The van der Waals surface area contributed by atoms with Crippen molar-refractivity contribution < 1.29 is 9.53 Å². The number of hydrogen-bond donors (Lipinski definition) is 1. The summed E-state index contributed by atoms with van der Waals surface area (Å²) in [7, 11) is 0. The van der Waals surface area contributed by atoms with E-state index in [4.69, 9.17) is 16.3 Å². The molecule has 0 saturated heterocycles. The van der Waals surface area contributed by atoms with Gasteiger partial charge in [0.2, 0.25) is 0 Å². The molecule has 0 radical (unpaired) electrons. The van der Waals surface area contributed by atoms with Crippen LogP contribution in [0.4, 0.5) is 5.69 Å². The summed E-state index contributed by atoms with van der Waals surface area (Å²) in [5.74, 6) is 0.0488. The predicted molar refractivity (Wildman–Crippen MR) is 120 cm³/mol. The highest BCUT2D eigenvalue weighted by Gasteiger charge is 2.13. The van der Waals surface area contributed by atoms with Crippen molar-refractivity contribution >= 4 is 29.3 Å².